The molecule has 0 radical (unpaired) electrons. The van der Waals surface area contributed by atoms with Gasteiger partial charge in [0, 0.05) is 11.8 Å². The molecule has 1 N–H and O–H groups in total. The molecule has 214 valence electrons. The molecule has 8 heteroatoms. The fraction of sp³-hybridized carbons (Fsp3) is 0.235. The van der Waals surface area contributed by atoms with Gasteiger partial charge in [-0.15, -0.1) is 0 Å². The number of carboxylic acids is 1. The third-order valence-corrected chi connectivity index (χ3v) is 8.03. The van der Waals surface area contributed by atoms with Gasteiger partial charge in [0.15, 0.2) is 11.5 Å². The van der Waals surface area contributed by atoms with Crippen molar-refractivity contribution in [3.8, 4) is 39.9 Å². The molecule has 0 amide bonds. The molecule has 4 aromatic rings. The van der Waals surface area contributed by atoms with E-state index in [0.717, 1.165) is 11.1 Å². The third kappa shape index (κ3) is 4.89. The highest BCUT2D eigenvalue weighted by Gasteiger charge is 2.60. The molecule has 0 saturated heterocycles. The van der Waals surface area contributed by atoms with Crippen LogP contribution in [-0.2, 0) is 9.59 Å². The van der Waals surface area contributed by atoms with E-state index in [1.54, 1.807) is 36.4 Å². The number of esters is 1. The molecular weight excluding hydrogens is 536 g/mol. The summed E-state index contributed by atoms with van der Waals surface area (Å²) in [4.78, 5) is 26.8. The Labute approximate surface area is 243 Å². The molecule has 1 saturated carbocycles. The van der Waals surface area contributed by atoms with E-state index in [0.29, 0.717) is 53.1 Å². The van der Waals surface area contributed by atoms with Crippen molar-refractivity contribution in [3.63, 3.8) is 0 Å². The van der Waals surface area contributed by atoms with E-state index in [9.17, 15) is 14.7 Å². The summed E-state index contributed by atoms with van der Waals surface area (Å²) in [6, 6.07) is 27.3. The maximum Gasteiger partial charge on any atom is 0.315 e. The number of para-hydroxylation sites is 2. The molecule has 1 fully saturated rings. The van der Waals surface area contributed by atoms with Gasteiger partial charge in [-0.25, -0.2) is 0 Å². The number of aliphatic carboxylic acids is 1. The van der Waals surface area contributed by atoms with E-state index in [-0.39, 0.29) is 0 Å². The average Bonchev–Trinajstić information content (AvgIpc) is 3.00. The van der Waals surface area contributed by atoms with E-state index < -0.39 is 35.6 Å². The van der Waals surface area contributed by atoms with Crippen LogP contribution in [0.5, 0.6) is 28.7 Å². The lowest BCUT2D eigenvalue weighted by molar-refractivity contribution is -0.158. The van der Waals surface area contributed by atoms with Crippen molar-refractivity contribution in [2.24, 2.45) is 11.8 Å². The van der Waals surface area contributed by atoms with Crippen molar-refractivity contribution >= 4 is 11.9 Å². The summed E-state index contributed by atoms with van der Waals surface area (Å²) in [5, 5.41) is 10.4. The van der Waals surface area contributed by atoms with Gasteiger partial charge in [0.05, 0.1) is 26.1 Å². The second-order valence-corrected chi connectivity index (χ2v) is 10.2. The van der Waals surface area contributed by atoms with Gasteiger partial charge in [0.1, 0.15) is 30.5 Å². The first-order chi connectivity index (χ1) is 20.5. The van der Waals surface area contributed by atoms with Gasteiger partial charge in [0.2, 0.25) is 0 Å². The molecule has 2 aliphatic rings. The summed E-state index contributed by atoms with van der Waals surface area (Å²) in [5.74, 6) is -1.87. The fourth-order valence-corrected chi connectivity index (χ4v) is 6.15. The van der Waals surface area contributed by atoms with Crippen LogP contribution >= 0.6 is 0 Å². The zero-order chi connectivity index (χ0) is 29.2. The molecule has 0 unspecified atom stereocenters. The monoisotopic (exact) mass is 566 g/mol. The number of fused-ring (bicyclic) bond motifs is 1. The number of hydrogen-bond acceptors (Lipinski definition) is 7. The summed E-state index contributed by atoms with van der Waals surface area (Å²) in [5.41, 5.74) is 3.00. The minimum atomic E-state index is -1.01. The lowest BCUT2D eigenvalue weighted by Crippen LogP contribution is -2.52. The molecule has 1 aliphatic heterocycles. The molecule has 42 heavy (non-hydrogen) atoms. The summed E-state index contributed by atoms with van der Waals surface area (Å²) in [7, 11) is 3.06. The zero-order valence-electron chi connectivity index (χ0n) is 23.2. The first kappa shape index (κ1) is 27.2. The number of hydrogen-bond donors (Lipinski definition) is 1. The van der Waals surface area contributed by atoms with Crippen LogP contribution in [-0.4, -0.2) is 44.5 Å². The summed E-state index contributed by atoms with van der Waals surface area (Å²) in [6.45, 7) is 0.987. The summed E-state index contributed by atoms with van der Waals surface area (Å²) in [6.07, 6.45) is 0. The van der Waals surface area contributed by atoms with Crippen molar-refractivity contribution in [2.45, 2.75) is 11.8 Å². The molecule has 2 atom stereocenters. The first-order valence-corrected chi connectivity index (χ1v) is 13.7. The standard InChI is InChI=1S/C34H30O8/c1-38-25-12-5-3-10-23(25)29-31(33(35)36)30(24-11-4-6-13-26(24)39-2)32(29)34(37)42-22-9-7-8-20(18-22)21-14-15-27-28(19-21)41-17-16-40-27/h3-15,18-19,29-32H,16-17H2,1-2H3,(H,35,36)/t29-,30-,31?,32?/m0/s1. The Morgan fingerprint density at radius 3 is 1.90 bits per heavy atom. The van der Waals surface area contributed by atoms with Crippen LogP contribution in [0.3, 0.4) is 0 Å². The number of ether oxygens (including phenoxy) is 5. The number of carbonyl (C=O) groups is 2. The van der Waals surface area contributed by atoms with Crippen molar-refractivity contribution < 1.29 is 38.4 Å². The lowest BCUT2D eigenvalue weighted by Gasteiger charge is -2.49. The van der Waals surface area contributed by atoms with Gasteiger partial charge in [-0.2, -0.15) is 0 Å². The lowest BCUT2D eigenvalue weighted by atomic mass is 9.52. The molecule has 6 rings (SSSR count). The topological polar surface area (TPSA) is 101 Å². The molecule has 0 bridgehead atoms. The van der Waals surface area contributed by atoms with Crippen molar-refractivity contribution in [2.75, 3.05) is 27.4 Å². The quantitative estimate of drug-likeness (QED) is 0.206. The summed E-state index contributed by atoms with van der Waals surface area (Å²) < 4.78 is 28.5. The highest BCUT2D eigenvalue weighted by atomic mass is 16.6. The van der Waals surface area contributed by atoms with Gasteiger partial charge in [-0.1, -0.05) is 54.6 Å². The van der Waals surface area contributed by atoms with E-state index in [2.05, 4.69) is 0 Å². The van der Waals surface area contributed by atoms with Crippen molar-refractivity contribution in [3.05, 3.63) is 102 Å². The average molecular weight is 567 g/mol. The van der Waals surface area contributed by atoms with E-state index in [1.165, 1.54) is 14.2 Å². The van der Waals surface area contributed by atoms with Crippen LogP contribution in [0.25, 0.3) is 11.1 Å². The zero-order valence-corrected chi connectivity index (χ0v) is 23.2. The van der Waals surface area contributed by atoms with E-state index in [4.69, 9.17) is 23.7 Å². The SMILES string of the molecule is COc1ccccc1[C@H]1C(C(=O)O)[C@H](c2ccccc2OC)C1C(=O)Oc1cccc(-c2ccc3c(c2)OCCO3)c1. The Morgan fingerprint density at radius 1 is 0.690 bits per heavy atom. The molecule has 8 nitrogen and oxygen atoms in total. The molecule has 0 aromatic heterocycles. The Morgan fingerprint density at radius 2 is 1.29 bits per heavy atom. The maximum atomic E-state index is 14.0. The second kappa shape index (κ2) is 11.5. The highest BCUT2D eigenvalue weighted by Crippen LogP contribution is 2.60. The second-order valence-electron chi connectivity index (χ2n) is 10.2. The normalized spacial score (nSPS) is 20.6. The molecule has 4 aromatic carbocycles. The van der Waals surface area contributed by atoms with Gasteiger partial charge in [-0.3, -0.25) is 9.59 Å². The molecule has 1 aliphatic carbocycles. The number of carboxylic acid groups (broad SMARTS) is 1. The van der Waals surface area contributed by atoms with Gasteiger partial charge in [0.25, 0.3) is 0 Å². The fourth-order valence-electron chi connectivity index (χ4n) is 6.15. The molecular formula is C34H30O8. The first-order valence-electron chi connectivity index (χ1n) is 13.7. The van der Waals surface area contributed by atoms with E-state index >= 15 is 0 Å². The van der Waals surface area contributed by atoms with Crippen LogP contribution < -0.4 is 23.7 Å². The van der Waals surface area contributed by atoms with Crippen LogP contribution in [0.4, 0.5) is 0 Å². The van der Waals surface area contributed by atoms with Crippen LogP contribution in [0, 0.1) is 11.8 Å². The predicted molar refractivity (Wildman–Crippen MR) is 155 cm³/mol. The molecule has 1 heterocycles. The largest absolute Gasteiger partial charge is 0.496 e. The maximum absolute atomic E-state index is 14.0. The number of methoxy groups -OCH3 is 2. The minimum absolute atomic E-state index is 0.351. The number of benzene rings is 4. The predicted octanol–water partition coefficient (Wildman–Crippen LogP) is 5.95. The Hall–Kier alpha value is -4.98. The van der Waals surface area contributed by atoms with E-state index in [1.807, 2.05) is 54.6 Å². The summed E-state index contributed by atoms with van der Waals surface area (Å²) >= 11 is 0. The number of carbonyl (C=O) groups excluding carboxylic acids is 1. The number of rotatable bonds is 8. The smallest absolute Gasteiger partial charge is 0.315 e. The van der Waals surface area contributed by atoms with Crippen molar-refractivity contribution in [1.82, 2.24) is 0 Å². The van der Waals surface area contributed by atoms with Gasteiger partial charge in [-0.05, 0) is 58.7 Å². The van der Waals surface area contributed by atoms with Crippen molar-refractivity contribution in [1.29, 1.82) is 0 Å². The van der Waals surface area contributed by atoms with Crippen LogP contribution in [0.15, 0.2) is 91.0 Å². The van der Waals surface area contributed by atoms with Gasteiger partial charge < -0.3 is 28.8 Å². The Bertz CT molecular complexity index is 1570. The third-order valence-electron chi connectivity index (χ3n) is 8.03. The molecule has 0 spiro atoms. The van der Waals surface area contributed by atoms with Crippen LogP contribution in [0.1, 0.15) is 23.0 Å². The van der Waals surface area contributed by atoms with Crippen LogP contribution in [0.2, 0.25) is 0 Å². The van der Waals surface area contributed by atoms with Gasteiger partial charge >= 0.3 is 11.9 Å². The highest BCUT2D eigenvalue weighted by molar-refractivity contribution is 5.86. The Kier molecular flexibility index (Phi) is 7.44. The Balaban J connectivity index is 1.36. The minimum Gasteiger partial charge on any atom is -0.496 e.